The molecule has 0 bridgehead atoms. The van der Waals surface area contributed by atoms with E-state index >= 15 is 0 Å². The lowest BCUT2D eigenvalue weighted by Crippen LogP contribution is -2.18. The summed E-state index contributed by atoms with van der Waals surface area (Å²) in [6, 6.07) is 0. The Bertz CT molecular complexity index is 501. The van der Waals surface area contributed by atoms with Gasteiger partial charge in [0, 0.05) is 12.5 Å². The summed E-state index contributed by atoms with van der Waals surface area (Å²) in [4.78, 5) is 13.1. The van der Waals surface area contributed by atoms with Crippen LogP contribution < -0.4 is 5.76 Å². The Morgan fingerprint density at radius 2 is 1.32 bits per heavy atom. The maximum Gasteiger partial charge on any atom is 0.438 e. The molecule has 0 aliphatic carbocycles. The maximum atomic E-state index is 10.6. The van der Waals surface area contributed by atoms with Crippen molar-refractivity contribution in [3.63, 3.8) is 0 Å². The number of aromatic amines is 1. The van der Waals surface area contributed by atoms with Gasteiger partial charge in [-0.1, -0.05) is 87.2 Å². The van der Waals surface area contributed by atoms with Crippen molar-refractivity contribution in [3.8, 4) is 0 Å². The summed E-state index contributed by atoms with van der Waals surface area (Å²) < 4.78 is 9.33. The molecule has 5 heteroatoms. The highest BCUT2D eigenvalue weighted by Gasteiger charge is 2.22. The van der Waals surface area contributed by atoms with Gasteiger partial charge in [-0.05, 0) is 38.5 Å². The summed E-state index contributed by atoms with van der Waals surface area (Å²) in [6.07, 6.45) is 3.49. The number of hydrogen-bond donors (Lipinski definition) is 1. The van der Waals surface area contributed by atoms with Crippen molar-refractivity contribution >= 4 is 0 Å². The summed E-state index contributed by atoms with van der Waals surface area (Å²) in [6.45, 7) is 27.7. The van der Waals surface area contributed by atoms with Gasteiger partial charge in [-0.3, -0.25) is 9.51 Å². The van der Waals surface area contributed by atoms with Gasteiger partial charge in [0.1, 0.15) is 0 Å². The Balaban J connectivity index is -0.000000319. The number of nitrogens with zero attached hydrogens (tertiary/aromatic N) is 1. The lowest BCUT2D eigenvalue weighted by atomic mass is 9.90. The van der Waals surface area contributed by atoms with Crippen molar-refractivity contribution in [1.82, 2.24) is 10.1 Å². The SMILES string of the molecule is CCC(C)(C)C.CCC(C)(C)c1noc(=O)[nH]1.CCC(C)C.COC(C)(C)C. The third-order valence-electron chi connectivity index (χ3n) is 4.45. The molecule has 28 heavy (non-hydrogen) atoms. The highest BCUT2D eigenvalue weighted by Crippen LogP contribution is 2.21. The molecule has 0 aliphatic rings. The largest absolute Gasteiger partial charge is 0.438 e. The van der Waals surface area contributed by atoms with E-state index in [1.54, 1.807) is 7.11 Å². The minimum atomic E-state index is -0.485. The standard InChI is InChI=1S/C7H12N2O2.C6H14.C5H12O.C5H12/c1-4-7(2,3)5-8-6(10)11-9-5;1-5-6(2,3)4;1-5(2,3)6-4;1-4-5(2)3/h4H2,1-3H3,(H,8,9,10);5H2,1-4H3;1-4H3;5H,4H2,1-3H3. The van der Waals surface area contributed by atoms with Gasteiger partial charge >= 0.3 is 5.76 Å². The summed E-state index contributed by atoms with van der Waals surface area (Å²) >= 11 is 0. The number of hydrogen-bond acceptors (Lipinski definition) is 4. The summed E-state index contributed by atoms with van der Waals surface area (Å²) in [5, 5.41) is 3.62. The topological polar surface area (TPSA) is 68.1 Å². The van der Waals surface area contributed by atoms with Crippen LogP contribution in [-0.2, 0) is 10.2 Å². The molecule has 5 nitrogen and oxygen atoms in total. The molecule has 1 aromatic rings. The van der Waals surface area contributed by atoms with Gasteiger partial charge in [-0.25, -0.2) is 4.79 Å². The Hall–Kier alpha value is -1.10. The van der Waals surface area contributed by atoms with Crippen LogP contribution in [0.3, 0.4) is 0 Å². The molecule has 0 aromatic carbocycles. The van der Waals surface area contributed by atoms with E-state index in [9.17, 15) is 4.79 Å². The van der Waals surface area contributed by atoms with Crippen molar-refractivity contribution in [1.29, 1.82) is 0 Å². The first-order valence-corrected chi connectivity index (χ1v) is 10.6. The van der Waals surface area contributed by atoms with Gasteiger partial charge in [-0.15, -0.1) is 0 Å². The van der Waals surface area contributed by atoms with Crippen LogP contribution >= 0.6 is 0 Å². The van der Waals surface area contributed by atoms with Gasteiger partial charge in [0.2, 0.25) is 0 Å². The Labute approximate surface area is 175 Å². The van der Waals surface area contributed by atoms with Crippen LogP contribution in [0.15, 0.2) is 9.32 Å². The third-order valence-corrected chi connectivity index (χ3v) is 4.45. The van der Waals surface area contributed by atoms with E-state index in [2.05, 4.69) is 63.1 Å². The van der Waals surface area contributed by atoms with Gasteiger partial charge < -0.3 is 4.74 Å². The molecule has 0 amide bonds. The molecule has 0 radical (unpaired) electrons. The maximum absolute atomic E-state index is 10.6. The molecule has 0 saturated carbocycles. The van der Waals surface area contributed by atoms with Crippen molar-refractivity contribution in [3.05, 3.63) is 16.4 Å². The minimum absolute atomic E-state index is 0.0417. The Morgan fingerprint density at radius 1 is 0.964 bits per heavy atom. The number of ether oxygens (including phenoxy) is 1. The van der Waals surface area contributed by atoms with Crippen LogP contribution in [0, 0.1) is 11.3 Å². The molecule has 1 aromatic heterocycles. The number of nitrogens with one attached hydrogen (secondary N) is 1. The van der Waals surface area contributed by atoms with Crippen molar-refractivity contribution in [2.24, 2.45) is 11.3 Å². The molecule has 0 unspecified atom stereocenters. The van der Waals surface area contributed by atoms with Crippen molar-refractivity contribution in [2.75, 3.05) is 7.11 Å². The van der Waals surface area contributed by atoms with Crippen LogP contribution in [-0.4, -0.2) is 22.9 Å². The quantitative estimate of drug-likeness (QED) is 0.592. The van der Waals surface area contributed by atoms with Crippen LogP contribution in [0.25, 0.3) is 0 Å². The summed E-state index contributed by atoms with van der Waals surface area (Å²) in [5.41, 5.74) is 0.478. The lowest BCUT2D eigenvalue weighted by Gasteiger charge is -2.16. The number of rotatable bonds is 3. The van der Waals surface area contributed by atoms with Crippen LogP contribution in [0.2, 0.25) is 0 Å². The molecule has 1 heterocycles. The fraction of sp³-hybridized carbons (Fsp3) is 0.913. The zero-order valence-electron chi connectivity index (χ0n) is 21.4. The van der Waals surface area contributed by atoms with Gasteiger partial charge in [0.05, 0.1) is 5.60 Å². The normalized spacial score (nSPS) is 11.5. The van der Waals surface area contributed by atoms with E-state index < -0.39 is 5.76 Å². The lowest BCUT2D eigenvalue weighted by molar-refractivity contribution is 0.0397. The average molecular weight is 403 g/mol. The molecule has 1 N–H and O–H groups in total. The summed E-state index contributed by atoms with van der Waals surface area (Å²) in [5.74, 6) is 1.02. The predicted molar refractivity (Wildman–Crippen MR) is 122 cm³/mol. The molecular weight excluding hydrogens is 352 g/mol. The monoisotopic (exact) mass is 402 g/mol. The first kappa shape index (κ1) is 31.6. The highest BCUT2D eigenvalue weighted by molar-refractivity contribution is 4.98. The van der Waals surface area contributed by atoms with Crippen LogP contribution in [0.5, 0.6) is 0 Å². The van der Waals surface area contributed by atoms with Crippen molar-refractivity contribution < 1.29 is 9.26 Å². The van der Waals surface area contributed by atoms with Crippen molar-refractivity contribution in [2.45, 2.75) is 120 Å². The number of H-pyrrole nitrogens is 1. The van der Waals surface area contributed by atoms with Gasteiger partial charge in [0.25, 0.3) is 0 Å². The third kappa shape index (κ3) is 22.9. The summed E-state index contributed by atoms with van der Waals surface area (Å²) in [7, 11) is 1.71. The molecule has 0 spiro atoms. The van der Waals surface area contributed by atoms with E-state index in [4.69, 9.17) is 4.74 Å². The van der Waals surface area contributed by atoms with E-state index in [-0.39, 0.29) is 11.0 Å². The van der Waals surface area contributed by atoms with Crippen LogP contribution in [0.1, 0.15) is 115 Å². The zero-order chi connectivity index (χ0) is 23.2. The second-order valence-electron chi connectivity index (χ2n) is 10.2. The Morgan fingerprint density at radius 3 is 1.46 bits per heavy atom. The van der Waals surface area contributed by atoms with Crippen LogP contribution in [0.4, 0.5) is 0 Å². The zero-order valence-corrected chi connectivity index (χ0v) is 21.4. The van der Waals surface area contributed by atoms with E-state index in [1.165, 1.54) is 12.8 Å². The predicted octanol–water partition coefficient (Wildman–Crippen LogP) is 6.98. The molecule has 170 valence electrons. The first-order chi connectivity index (χ1) is 12.5. The smallest absolute Gasteiger partial charge is 0.379 e. The average Bonchev–Trinajstić information content (AvgIpc) is 3.02. The van der Waals surface area contributed by atoms with Gasteiger partial charge in [-0.2, -0.15) is 0 Å². The second-order valence-corrected chi connectivity index (χ2v) is 10.2. The van der Waals surface area contributed by atoms with E-state index in [0.717, 1.165) is 12.3 Å². The second kappa shape index (κ2) is 14.8. The number of aromatic nitrogens is 2. The molecule has 0 atom stereocenters. The first-order valence-electron chi connectivity index (χ1n) is 10.6. The number of methoxy groups -OCH3 is 1. The fourth-order valence-corrected chi connectivity index (χ4v) is 0.690. The highest BCUT2D eigenvalue weighted by atomic mass is 16.5. The molecular formula is C23H50N2O3. The molecule has 0 aliphatic heterocycles. The molecule has 0 fully saturated rings. The molecule has 1 rings (SSSR count). The Kier molecular flexibility index (Phi) is 16.7. The van der Waals surface area contributed by atoms with E-state index in [0.29, 0.717) is 11.2 Å². The minimum Gasteiger partial charge on any atom is -0.379 e. The van der Waals surface area contributed by atoms with Gasteiger partial charge in [0.15, 0.2) is 5.82 Å². The molecule has 0 saturated heterocycles. The van der Waals surface area contributed by atoms with E-state index in [1.807, 2.05) is 41.5 Å². The fourth-order valence-electron chi connectivity index (χ4n) is 0.690.